The fraction of sp³-hybridized carbons (Fsp3) is 0.438. The van der Waals surface area contributed by atoms with Gasteiger partial charge in [-0.2, -0.15) is 0 Å². The van der Waals surface area contributed by atoms with Gasteiger partial charge in [-0.15, -0.1) is 0 Å². The highest BCUT2D eigenvalue weighted by Crippen LogP contribution is 2.19. The Morgan fingerprint density at radius 2 is 1.42 bits per heavy atom. The van der Waals surface area contributed by atoms with Crippen LogP contribution in [-0.2, 0) is 27.7 Å². The second kappa shape index (κ2) is 9.07. The summed E-state index contributed by atoms with van der Waals surface area (Å²) in [5.41, 5.74) is 0. The summed E-state index contributed by atoms with van der Waals surface area (Å²) in [6, 6.07) is 6.57. The van der Waals surface area contributed by atoms with Crippen LogP contribution in [0.15, 0.2) is 24.3 Å². The van der Waals surface area contributed by atoms with Gasteiger partial charge in [0, 0.05) is 20.8 Å². The van der Waals surface area contributed by atoms with Crippen LogP contribution in [0.1, 0.15) is 40.5 Å². The Morgan fingerprint density at radius 3 is 1.88 bits per heavy atom. The summed E-state index contributed by atoms with van der Waals surface area (Å²) in [5.74, 6) is -1.84. The summed E-state index contributed by atoms with van der Waals surface area (Å²) in [7, 11) is -4.14. The molecule has 0 unspecified atom stereocenters. The van der Waals surface area contributed by atoms with Crippen molar-refractivity contribution in [1.29, 1.82) is 0 Å². The lowest BCUT2D eigenvalue weighted by Gasteiger charge is -2.27. The van der Waals surface area contributed by atoms with Crippen LogP contribution in [0, 0.1) is 0 Å². The summed E-state index contributed by atoms with van der Waals surface area (Å²) in [5, 5.41) is 0.252. The van der Waals surface area contributed by atoms with E-state index in [-0.39, 0.29) is 5.19 Å². The van der Waals surface area contributed by atoms with Crippen LogP contribution in [0.3, 0.4) is 0 Å². The van der Waals surface area contributed by atoms with Gasteiger partial charge >= 0.3 is 8.80 Å². The van der Waals surface area contributed by atoms with E-state index in [0.29, 0.717) is 12.4 Å². The number of rotatable bonds is 8. The lowest BCUT2D eigenvalue weighted by Crippen LogP contribution is -2.59. The summed E-state index contributed by atoms with van der Waals surface area (Å²) in [6.07, 6.45) is 1.75. The van der Waals surface area contributed by atoms with Crippen LogP contribution >= 0.6 is 0 Å². The van der Waals surface area contributed by atoms with Crippen LogP contribution in [-0.4, -0.2) is 33.3 Å². The average molecular weight is 354 g/mol. The number of carbonyl (C=O) groups is 3. The van der Waals surface area contributed by atoms with E-state index in [9.17, 15) is 14.4 Å². The van der Waals surface area contributed by atoms with Crippen molar-refractivity contribution in [2.75, 3.05) is 6.61 Å². The highest BCUT2D eigenvalue weighted by molar-refractivity contribution is 6.79. The molecule has 0 aliphatic rings. The van der Waals surface area contributed by atoms with E-state index in [1.807, 2.05) is 6.92 Å². The molecule has 0 bridgehead atoms. The Labute approximate surface area is 142 Å². The summed E-state index contributed by atoms with van der Waals surface area (Å²) < 4.78 is 21.4. The van der Waals surface area contributed by atoms with Crippen molar-refractivity contribution in [3.8, 4) is 5.75 Å². The number of hydrogen-bond donors (Lipinski definition) is 0. The largest absolute Gasteiger partial charge is 0.746 e. The molecule has 132 valence electrons. The van der Waals surface area contributed by atoms with Gasteiger partial charge in [0.05, 0.1) is 6.61 Å². The molecule has 1 rings (SSSR count). The second-order valence-corrected chi connectivity index (χ2v) is 7.30. The van der Waals surface area contributed by atoms with E-state index in [1.54, 1.807) is 24.3 Å². The third kappa shape index (κ3) is 5.69. The molecule has 0 saturated carbocycles. The van der Waals surface area contributed by atoms with Gasteiger partial charge in [0.2, 0.25) is 0 Å². The number of para-hydroxylation sites is 1. The van der Waals surface area contributed by atoms with Crippen LogP contribution in [0.25, 0.3) is 0 Å². The van der Waals surface area contributed by atoms with Gasteiger partial charge in [0.25, 0.3) is 17.9 Å². The Bertz CT molecular complexity index is 559. The Hall–Kier alpha value is -2.35. The smallest absolute Gasteiger partial charge is 0.493 e. The molecule has 0 aliphatic heterocycles. The van der Waals surface area contributed by atoms with Crippen molar-refractivity contribution >= 4 is 31.9 Å². The quantitative estimate of drug-likeness (QED) is 0.518. The van der Waals surface area contributed by atoms with Crippen LogP contribution in [0.4, 0.5) is 0 Å². The van der Waals surface area contributed by atoms with E-state index < -0.39 is 26.7 Å². The fourth-order valence-corrected chi connectivity index (χ4v) is 4.31. The van der Waals surface area contributed by atoms with Gasteiger partial charge in [-0.25, -0.2) is 0 Å². The number of unbranched alkanes of at least 4 members (excludes halogenated alkanes) is 1. The van der Waals surface area contributed by atoms with Crippen molar-refractivity contribution in [3.05, 3.63) is 24.3 Å². The molecule has 0 radical (unpaired) electrons. The van der Waals surface area contributed by atoms with Gasteiger partial charge in [0.15, 0.2) is 0 Å². The summed E-state index contributed by atoms with van der Waals surface area (Å²) >= 11 is 0. The predicted molar refractivity (Wildman–Crippen MR) is 87.5 cm³/mol. The van der Waals surface area contributed by atoms with Gasteiger partial charge in [0.1, 0.15) is 10.9 Å². The maximum absolute atomic E-state index is 11.6. The average Bonchev–Trinajstić information content (AvgIpc) is 2.45. The SMILES string of the molecule is CCCCOc1ccccc1[Si](OC(C)=O)(OC(C)=O)OC(C)=O. The second-order valence-electron chi connectivity index (χ2n) is 5.04. The van der Waals surface area contributed by atoms with Crippen molar-refractivity contribution in [1.82, 2.24) is 0 Å². The molecule has 0 N–H and O–H groups in total. The number of benzene rings is 1. The maximum Gasteiger partial charge on any atom is 0.746 e. The molecule has 8 heteroatoms. The molecule has 0 fully saturated rings. The lowest BCUT2D eigenvalue weighted by atomic mass is 10.3. The molecular formula is C16H22O7Si. The highest BCUT2D eigenvalue weighted by atomic mass is 28.4. The molecule has 0 saturated heterocycles. The first-order chi connectivity index (χ1) is 11.3. The van der Waals surface area contributed by atoms with Crippen molar-refractivity contribution < 1.29 is 32.4 Å². The minimum atomic E-state index is -4.14. The molecule has 0 amide bonds. The topological polar surface area (TPSA) is 88.1 Å². The van der Waals surface area contributed by atoms with E-state index in [1.165, 1.54) is 0 Å². The summed E-state index contributed by atoms with van der Waals surface area (Å²) in [4.78, 5) is 34.7. The van der Waals surface area contributed by atoms with Gasteiger partial charge < -0.3 is 18.0 Å². The minimum Gasteiger partial charge on any atom is -0.493 e. The molecule has 1 aromatic rings. The van der Waals surface area contributed by atoms with Crippen LogP contribution in [0.2, 0.25) is 0 Å². The third-order valence-corrected chi connectivity index (χ3v) is 5.55. The molecular weight excluding hydrogens is 332 g/mol. The molecule has 0 atom stereocenters. The van der Waals surface area contributed by atoms with E-state index in [4.69, 9.17) is 18.0 Å². The number of carbonyl (C=O) groups excluding carboxylic acids is 3. The number of ether oxygens (including phenoxy) is 1. The van der Waals surface area contributed by atoms with Crippen molar-refractivity contribution in [2.45, 2.75) is 40.5 Å². The van der Waals surface area contributed by atoms with Crippen molar-refractivity contribution in [2.24, 2.45) is 0 Å². The van der Waals surface area contributed by atoms with Crippen LogP contribution < -0.4 is 9.92 Å². The normalized spacial score (nSPS) is 10.7. The van der Waals surface area contributed by atoms with E-state index in [0.717, 1.165) is 33.6 Å². The fourth-order valence-electron chi connectivity index (χ4n) is 1.97. The molecule has 0 aromatic heterocycles. The summed E-state index contributed by atoms with van der Waals surface area (Å²) in [6.45, 7) is 5.89. The lowest BCUT2D eigenvalue weighted by molar-refractivity contribution is -0.146. The molecule has 7 nitrogen and oxygen atoms in total. The standard InChI is InChI=1S/C16H22O7Si/c1-5-6-11-20-15-9-7-8-10-16(15)24(21-12(2)17,22-13(3)18)23-14(4)19/h7-10H,5-6,11H2,1-4H3. The van der Waals surface area contributed by atoms with Gasteiger partial charge in [-0.3, -0.25) is 14.4 Å². The zero-order chi connectivity index (χ0) is 18.2. The first-order valence-electron chi connectivity index (χ1n) is 7.61. The number of hydrogen-bond acceptors (Lipinski definition) is 7. The molecule has 0 aliphatic carbocycles. The Morgan fingerprint density at radius 1 is 0.917 bits per heavy atom. The zero-order valence-electron chi connectivity index (χ0n) is 14.3. The van der Waals surface area contributed by atoms with E-state index >= 15 is 0 Å². The molecule has 1 aromatic carbocycles. The third-order valence-electron chi connectivity index (χ3n) is 2.81. The first kappa shape index (κ1) is 19.7. The minimum absolute atomic E-state index is 0.252. The zero-order valence-corrected chi connectivity index (χ0v) is 15.3. The monoisotopic (exact) mass is 354 g/mol. The molecule has 0 spiro atoms. The van der Waals surface area contributed by atoms with Crippen molar-refractivity contribution in [3.63, 3.8) is 0 Å². The maximum atomic E-state index is 11.6. The Balaban J connectivity index is 3.37. The van der Waals surface area contributed by atoms with Gasteiger partial charge in [-0.1, -0.05) is 25.5 Å². The highest BCUT2D eigenvalue weighted by Gasteiger charge is 2.56. The first-order valence-corrected chi connectivity index (χ1v) is 9.34. The van der Waals surface area contributed by atoms with Gasteiger partial charge in [-0.05, 0) is 18.6 Å². The van der Waals surface area contributed by atoms with E-state index in [2.05, 4.69) is 0 Å². The molecule has 0 heterocycles. The Kier molecular flexibility index (Phi) is 7.44. The van der Waals surface area contributed by atoms with Crippen LogP contribution in [0.5, 0.6) is 5.75 Å². The predicted octanol–water partition coefficient (Wildman–Crippen LogP) is 1.70. The molecule has 24 heavy (non-hydrogen) atoms.